The van der Waals surface area contributed by atoms with Gasteiger partial charge in [0, 0.05) is 18.1 Å². The van der Waals surface area contributed by atoms with Crippen LogP contribution in [0.1, 0.15) is 42.1 Å². The van der Waals surface area contributed by atoms with Gasteiger partial charge in [-0.2, -0.15) is 4.31 Å². The Labute approximate surface area is 197 Å². The van der Waals surface area contributed by atoms with Crippen LogP contribution in [0.2, 0.25) is 10.0 Å². The fraction of sp³-hybridized carbons (Fsp3) is 0.364. The molecule has 0 spiro atoms. The maximum absolute atomic E-state index is 13.1. The predicted molar refractivity (Wildman–Crippen MR) is 124 cm³/mol. The molecule has 0 saturated carbocycles. The van der Waals surface area contributed by atoms with Gasteiger partial charge in [-0.05, 0) is 62.6 Å². The Bertz CT molecular complexity index is 1130. The fourth-order valence-corrected chi connectivity index (χ4v) is 5.58. The summed E-state index contributed by atoms with van der Waals surface area (Å²) in [5, 5.41) is 3.24. The Morgan fingerprint density at radius 2 is 1.75 bits per heavy atom. The smallest absolute Gasteiger partial charge is 0.338 e. The zero-order valence-electron chi connectivity index (χ0n) is 17.7. The van der Waals surface area contributed by atoms with Gasteiger partial charge in [-0.1, -0.05) is 35.7 Å². The number of hydrogen-bond donors (Lipinski definition) is 1. The molecule has 2 aromatic rings. The number of sulfonamides is 1. The van der Waals surface area contributed by atoms with E-state index in [1.54, 1.807) is 19.1 Å². The summed E-state index contributed by atoms with van der Waals surface area (Å²) in [5.41, 5.74) is 0.917. The van der Waals surface area contributed by atoms with Crippen LogP contribution in [-0.4, -0.2) is 43.8 Å². The van der Waals surface area contributed by atoms with Crippen LogP contribution < -0.4 is 5.32 Å². The summed E-state index contributed by atoms with van der Waals surface area (Å²) in [4.78, 5) is 25.1. The van der Waals surface area contributed by atoms with Gasteiger partial charge in [0.1, 0.15) is 0 Å². The molecule has 7 nitrogen and oxygen atoms in total. The third kappa shape index (κ3) is 5.61. The van der Waals surface area contributed by atoms with Crippen molar-refractivity contribution in [1.29, 1.82) is 0 Å². The fourth-order valence-electron chi connectivity index (χ4n) is 3.36. The van der Waals surface area contributed by atoms with E-state index in [1.807, 2.05) is 0 Å². The molecule has 0 aromatic heterocycles. The number of nitrogens with zero attached hydrogens (tertiary/aromatic N) is 1. The summed E-state index contributed by atoms with van der Waals surface area (Å²) >= 11 is 11.9. The molecule has 172 valence electrons. The Hall–Kier alpha value is -2.13. The van der Waals surface area contributed by atoms with Crippen LogP contribution in [0.3, 0.4) is 0 Å². The molecule has 3 rings (SSSR count). The number of carbonyl (C=O) groups excluding carboxylic acids is 2. The number of benzene rings is 2. The lowest BCUT2D eigenvalue weighted by Gasteiger charge is -2.26. The molecule has 1 aliphatic rings. The molecule has 1 atom stereocenters. The molecule has 10 heteroatoms. The zero-order valence-corrected chi connectivity index (χ0v) is 20.1. The number of ether oxygens (including phenoxy) is 1. The Morgan fingerprint density at radius 3 is 2.41 bits per heavy atom. The highest BCUT2D eigenvalue weighted by Gasteiger charge is 2.29. The zero-order chi connectivity index (χ0) is 23.5. The molecule has 32 heavy (non-hydrogen) atoms. The lowest BCUT2D eigenvalue weighted by molar-refractivity contribution is -0.123. The second-order valence-corrected chi connectivity index (χ2v) is 10.4. The van der Waals surface area contributed by atoms with Crippen molar-refractivity contribution in [3.63, 3.8) is 0 Å². The number of halogens is 2. The van der Waals surface area contributed by atoms with Crippen molar-refractivity contribution in [2.24, 2.45) is 0 Å². The van der Waals surface area contributed by atoms with Gasteiger partial charge >= 0.3 is 5.97 Å². The van der Waals surface area contributed by atoms with Gasteiger partial charge in [0.2, 0.25) is 10.0 Å². The van der Waals surface area contributed by atoms with E-state index in [1.165, 1.54) is 35.5 Å². The summed E-state index contributed by atoms with van der Waals surface area (Å²) in [6.07, 6.45) is 1.48. The van der Waals surface area contributed by atoms with E-state index in [0.717, 1.165) is 19.3 Å². The monoisotopic (exact) mass is 498 g/mol. The van der Waals surface area contributed by atoms with Gasteiger partial charge in [-0.15, -0.1) is 0 Å². The van der Waals surface area contributed by atoms with Crippen LogP contribution in [0.5, 0.6) is 0 Å². The van der Waals surface area contributed by atoms with E-state index < -0.39 is 28.0 Å². The van der Waals surface area contributed by atoms with Gasteiger partial charge in [0.05, 0.1) is 21.2 Å². The van der Waals surface area contributed by atoms with Gasteiger partial charge in [-0.3, -0.25) is 4.79 Å². The number of anilines is 1. The number of carbonyl (C=O) groups is 2. The molecule has 1 amide bonds. The molecule has 0 aliphatic carbocycles. The van der Waals surface area contributed by atoms with Crippen LogP contribution in [0, 0.1) is 6.92 Å². The highest BCUT2D eigenvalue weighted by molar-refractivity contribution is 7.89. The largest absolute Gasteiger partial charge is 0.449 e. The van der Waals surface area contributed by atoms with Crippen LogP contribution in [-0.2, 0) is 19.6 Å². The van der Waals surface area contributed by atoms with Gasteiger partial charge in [0.25, 0.3) is 5.91 Å². The SMILES string of the molecule is Cc1ccc(C(=O)O[C@H](C)C(=O)Nc2ccc(Cl)cc2Cl)cc1S(=O)(=O)N1CCCCC1. The van der Waals surface area contributed by atoms with Gasteiger partial charge < -0.3 is 10.1 Å². The number of esters is 1. The number of amides is 1. The van der Waals surface area contributed by atoms with Crippen molar-refractivity contribution in [3.8, 4) is 0 Å². The number of hydrogen-bond acceptors (Lipinski definition) is 5. The molecule has 0 unspecified atom stereocenters. The molecular weight excluding hydrogens is 475 g/mol. The van der Waals surface area contributed by atoms with Crippen molar-refractivity contribution in [2.75, 3.05) is 18.4 Å². The second-order valence-electron chi connectivity index (χ2n) is 7.61. The van der Waals surface area contributed by atoms with Crippen LogP contribution in [0.15, 0.2) is 41.3 Å². The second kappa shape index (κ2) is 10.2. The Kier molecular flexibility index (Phi) is 7.82. The maximum Gasteiger partial charge on any atom is 0.338 e. The molecule has 1 aliphatic heterocycles. The van der Waals surface area contributed by atoms with Crippen molar-refractivity contribution < 1.29 is 22.7 Å². The van der Waals surface area contributed by atoms with Crippen molar-refractivity contribution in [1.82, 2.24) is 4.31 Å². The number of piperidine rings is 1. The van der Waals surface area contributed by atoms with Crippen molar-refractivity contribution in [2.45, 2.75) is 44.1 Å². The normalized spacial score (nSPS) is 15.8. The minimum absolute atomic E-state index is 0.0513. The van der Waals surface area contributed by atoms with E-state index in [0.29, 0.717) is 29.4 Å². The summed E-state index contributed by atoms with van der Waals surface area (Å²) in [7, 11) is -3.72. The predicted octanol–water partition coefficient (Wildman–Crippen LogP) is 4.66. The van der Waals surface area contributed by atoms with Gasteiger partial charge in [0.15, 0.2) is 6.10 Å². The third-order valence-corrected chi connectivity index (χ3v) is 7.79. The summed E-state index contributed by atoms with van der Waals surface area (Å²) in [5.74, 6) is -1.39. The van der Waals surface area contributed by atoms with Crippen LogP contribution >= 0.6 is 23.2 Å². The quantitative estimate of drug-likeness (QED) is 0.584. The molecule has 1 N–H and O–H groups in total. The number of nitrogens with one attached hydrogen (secondary N) is 1. The third-order valence-electron chi connectivity index (χ3n) is 5.20. The Morgan fingerprint density at radius 1 is 1.06 bits per heavy atom. The number of aryl methyl sites for hydroxylation is 1. The first-order valence-electron chi connectivity index (χ1n) is 10.2. The first kappa shape index (κ1) is 24.5. The minimum atomic E-state index is -3.72. The van der Waals surface area contributed by atoms with E-state index in [4.69, 9.17) is 27.9 Å². The van der Waals surface area contributed by atoms with Crippen molar-refractivity contribution in [3.05, 3.63) is 57.6 Å². The highest BCUT2D eigenvalue weighted by atomic mass is 35.5. The van der Waals surface area contributed by atoms with E-state index in [2.05, 4.69) is 5.32 Å². The maximum atomic E-state index is 13.1. The van der Waals surface area contributed by atoms with Crippen LogP contribution in [0.25, 0.3) is 0 Å². The minimum Gasteiger partial charge on any atom is -0.449 e. The lowest BCUT2D eigenvalue weighted by Crippen LogP contribution is -2.36. The molecule has 1 fully saturated rings. The summed E-state index contributed by atoms with van der Waals surface area (Å²) in [6, 6.07) is 8.93. The molecule has 2 aromatic carbocycles. The molecular formula is C22H24Cl2N2O5S. The molecule has 1 saturated heterocycles. The van der Waals surface area contributed by atoms with E-state index in [9.17, 15) is 18.0 Å². The highest BCUT2D eigenvalue weighted by Crippen LogP contribution is 2.26. The first-order valence-corrected chi connectivity index (χ1v) is 12.4. The molecule has 1 heterocycles. The molecule has 0 bridgehead atoms. The van der Waals surface area contributed by atoms with E-state index in [-0.39, 0.29) is 15.5 Å². The summed E-state index contributed by atoms with van der Waals surface area (Å²) < 4.78 is 32.8. The topological polar surface area (TPSA) is 92.8 Å². The average Bonchev–Trinajstić information content (AvgIpc) is 2.76. The summed E-state index contributed by atoms with van der Waals surface area (Å²) in [6.45, 7) is 4.01. The van der Waals surface area contributed by atoms with Crippen LogP contribution in [0.4, 0.5) is 5.69 Å². The average molecular weight is 499 g/mol. The van der Waals surface area contributed by atoms with E-state index >= 15 is 0 Å². The van der Waals surface area contributed by atoms with Gasteiger partial charge in [-0.25, -0.2) is 13.2 Å². The standard InChI is InChI=1S/C22H24Cl2N2O5S/c1-14-6-7-16(12-20(14)32(29,30)26-10-4-3-5-11-26)22(28)31-15(2)21(27)25-19-9-8-17(23)13-18(19)24/h6-9,12-13,15H,3-5,10-11H2,1-2H3,(H,25,27)/t15-/m1/s1. The number of rotatable bonds is 6. The Balaban J connectivity index is 1.73. The lowest BCUT2D eigenvalue weighted by atomic mass is 10.1. The first-order chi connectivity index (χ1) is 15.1. The molecule has 0 radical (unpaired) electrons. The van der Waals surface area contributed by atoms with Crippen molar-refractivity contribution >= 4 is 50.8 Å².